The fraction of sp³-hybridized carbons (Fsp3) is 0.333. The Morgan fingerprint density at radius 1 is 1.14 bits per heavy atom. The zero-order valence-electron chi connectivity index (χ0n) is 12.6. The highest BCUT2D eigenvalue weighted by molar-refractivity contribution is 6.30. The number of hydrogen-bond acceptors (Lipinski definition) is 2. The molecule has 3 aromatic rings. The Morgan fingerprint density at radius 2 is 1.86 bits per heavy atom. The van der Waals surface area contributed by atoms with Gasteiger partial charge in [-0.25, -0.2) is 9.50 Å². The molecule has 1 aliphatic carbocycles. The van der Waals surface area contributed by atoms with Crippen molar-refractivity contribution in [2.24, 2.45) is 0 Å². The van der Waals surface area contributed by atoms with E-state index in [4.69, 9.17) is 16.6 Å². The third-order valence-electron chi connectivity index (χ3n) is 4.66. The number of hydrogen-bond donors (Lipinski definition) is 0. The Kier molecular flexibility index (Phi) is 3.38. The summed E-state index contributed by atoms with van der Waals surface area (Å²) in [5.74, 6) is 0.536. The molecular weight excluding hydrogens is 294 g/mol. The summed E-state index contributed by atoms with van der Waals surface area (Å²) >= 11 is 6.69. The molecule has 0 spiro atoms. The fourth-order valence-electron chi connectivity index (χ4n) is 3.58. The van der Waals surface area contributed by atoms with E-state index in [1.54, 1.807) is 4.52 Å². The summed E-state index contributed by atoms with van der Waals surface area (Å²) in [6.45, 7) is 2.07. The molecule has 0 saturated heterocycles. The van der Waals surface area contributed by atoms with Crippen LogP contribution in [-0.4, -0.2) is 14.6 Å². The largest absolute Gasteiger partial charge is 0.233 e. The van der Waals surface area contributed by atoms with Gasteiger partial charge in [0, 0.05) is 16.8 Å². The molecule has 0 amide bonds. The Bertz CT molecular complexity index is 817. The fourth-order valence-corrected chi connectivity index (χ4v) is 3.99. The molecule has 22 heavy (non-hydrogen) atoms. The maximum atomic E-state index is 6.69. The first-order valence-electron chi connectivity index (χ1n) is 7.85. The molecular formula is C18H18ClN3. The summed E-state index contributed by atoms with van der Waals surface area (Å²) < 4.78 is 1.80. The Balaban J connectivity index is 1.91. The molecule has 4 rings (SSSR count). The van der Waals surface area contributed by atoms with Crippen LogP contribution in [0.1, 0.15) is 42.9 Å². The van der Waals surface area contributed by atoms with Gasteiger partial charge in [-0.2, -0.15) is 5.10 Å². The Labute approximate surface area is 135 Å². The van der Waals surface area contributed by atoms with Crippen molar-refractivity contribution in [1.29, 1.82) is 0 Å². The van der Waals surface area contributed by atoms with Gasteiger partial charge in [-0.15, -0.1) is 0 Å². The minimum Gasteiger partial charge on any atom is -0.233 e. The highest BCUT2D eigenvalue weighted by Crippen LogP contribution is 2.39. The van der Waals surface area contributed by atoms with Gasteiger partial charge in [0.25, 0.3) is 0 Å². The van der Waals surface area contributed by atoms with Crippen molar-refractivity contribution in [3.63, 3.8) is 0 Å². The SMILES string of the molecule is Cc1nc2c(-c3ccccc3)cnn2c(Cl)c1C1CCCC1. The first-order valence-corrected chi connectivity index (χ1v) is 8.22. The van der Waals surface area contributed by atoms with Crippen LogP contribution in [0, 0.1) is 6.92 Å². The lowest BCUT2D eigenvalue weighted by molar-refractivity contribution is 0.700. The predicted molar refractivity (Wildman–Crippen MR) is 89.4 cm³/mol. The lowest BCUT2D eigenvalue weighted by atomic mass is 9.98. The van der Waals surface area contributed by atoms with Crippen molar-refractivity contribution in [2.75, 3.05) is 0 Å². The smallest absolute Gasteiger partial charge is 0.164 e. The number of nitrogens with zero attached hydrogens (tertiary/aromatic N) is 3. The number of fused-ring (bicyclic) bond motifs is 1. The van der Waals surface area contributed by atoms with E-state index < -0.39 is 0 Å². The van der Waals surface area contributed by atoms with E-state index in [1.165, 1.54) is 31.2 Å². The monoisotopic (exact) mass is 311 g/mol. The van der Waals surface area contributed by atoms with Gasteiger partial charge < -0.3 is 0 Å². The Morgan fingerprint density at radius 3 is 2.59 bits per heavy atom. The average molecular weight is 312 g/mol. The zero-order chi connectivity index (χ0) is 15.1. The molecule has 0 unspecified atom stereocenters. The van der Waals surface area contributed by atoms with Gasteiger partial charge in [0.1, 0.15) is 5.15 Å². The van der Waals surface area contributed by atoms with E-state index in [0.717, 1.165) is 27.6 Å². The van der Waals surface area contributed by atoms with Crippen LogP contribution >= 0.6 is 11.6 Å². The van der Waals surface area contributed by atoms with Crippen LogP contribution < -0.4 is 0 Å². The van der Waals surface area contributed by atoms with E-state index in [0.29, 0.717) is 5.92 Å². The van der Waals surface area contributed by atoms with Crippen molar-refractivity contribution >= 4 is 17.2 Å². The van der Waals surface area contributed by atoms with Gasteiger partial charge in [0.05, 0.1) is 6.20 Å². The van der Waals surface area contributed by atoms with Crippen molar-refractivity contribution in [3.8, 4) is 11.1 Å². The lowest BCUT2D eigenvalue weighted by Gasteiger charge is -2.15. The molecule has 1 aromatic carbocycles. The van der Waals surface area contributed by atoms with Gasteiger partial charge in [-0.05, 0) is 31.2 Å². The summed E-state index contributed by atoms with van der Waals surface area (Å²) in [5, 5.41) is 5.22. The quantitative estimate of drug-likeness (QED) is 0.622. The third-order valence-corrected chi connectivity index (χ3v) is 5.03. The zero-order valence-corrected chi connectivity index (χ0v) is 13.3. The molecule has 0 aliphatic heterocycles. The molecule has 2 heterocycles. The van der Waals surface area contributed by atoms with Crippen LogP contribution in [0.15, 0.2) is 36.5 Å². The van der Waals surface area contributed by atoms with Gasteiger partial charge in [0.2, 0.25) is 0 Å². The lowest BCUT2D eigenvalue weighted by Crippen LogP contribution is -2.05. The number of benzene rings is 1. The van der Waals surface area contributed by atoms with E-state index in [9.17, 15) is 0 Å². The molecule has 2 aromatic heterocycles. The number of halogens is 1. The summed E-state index contributed by atoms with van der Waals surface area (Å²) in [6.07, 6.45) is 6.85. The summed E-state index contributed by atoms with van der Waals surface area (Å²) in [6, 6.07) is 10.2. The van der Waals surface area contributed by atoms with Crippen LogP contribution in [0.25, 0.3) is 16.8 Å². The topological polar surface area (TPSA) is 30.2 Å². The molecule has 4 heteroatoms. The minimum absolute atomic E-state index is 0.536. The summed E-state index contributed by atoms with van der Waals surface area (Å²) in [5.41, 5.74) is 5.23. The van der Waals surface area contributed by atoms with Crippen LogP contribution in [-0.2, 0) is 0 Å². The molecule has 1 fully saturated rings. The molecule has 0 atom stereocenters. The van der Waals surface area contributed by atoms with Crippen molar-refractivity contribution in [3.05, 3.63) is 52.9 Å². The van der Waals surface area contributed by atoms with E-state index in [1.807, 2.05) is 24.4 Å². The molecule has 0 bridgehead atoms. The number of aromatic nitrogens is 3. The molecule has 1 saturated carbocycles. The van der Waals surface area contributed by atoms with Crippen molar-refractivity contribution < 1.29 is 0 Å². The van der Waals surface area contributed by atoms with E-state index in [-0.39, 0.29) is 0 Å². The van der Waals surface area contributed by atoms with Crippen LogP contribution in [0.2, 0.25) is 5.15 Å². The van der Waals surface area contributed by atoms with Crippen molar-refractivity contribution in [2.45, 2.75) is 38.5 Å². The van der Waals surface area contributed by atoms with Gasteiger partial charge in [-0.3, -0.25) is 0 Å². The van der Waals surface area contributed by atoms with E-state index >= 15 is 0 Å². The van der Waals surface area contributed by atoms with Crippen LogP contribution in [0.4, 0.5) is 0 Å². The maximum Gasteiger partial charge on any atom is 0.164 e. The first-order chi connectivity index (χ1) is 10.8. The normalized spacial score (nSPS) is 15.7. The highest BCUT2D eigenvalue weighted by atomic mass is 35.5. The molecule has 1 aliphatic rings. The molecule has 112 valence electrons. The highest BCUT2D eigenvalue weighted by Gasteiger charge is 2.25. The summed E-state index contributed by atoms with van der Waals surface area (Å²) in [7, 11) is 0. The predicted octanol–water partition coefficient (Wildman–Crippen LogP) is 5.02. The second kappa shape index (κ2) is 5.40. The van der Waals surface area contributed by atoms with E-state index in [2.05, 4.69) is 24.2 Å². The van der Waals surface area contributed by atoms with Crippen LogP contribution in [0.3, 0.4) is 0 Å². The molecule has 0 radical (unpaired) electrons. The van der Waals surface area contributed by atoms with Gasteiger partial charge >= 0.3 is 0 Å². The second-order valence-electron chi connectivity index (χ2n) is 6.04. The van der Waals surface area contributed by atoms with Crippen molar-refractivity contribution in [1.82, 2.24) is 14.6 Å². The molecule has 3 nitrogen and oxygen atoms in total. The standard InChI is InChI=1S/C18H18ClN3/c1-12-16(14-9-5-6-10-14)17(19)22-18(21-12)15(11-20-22)13-7-3-2-4-8-13/h2-4,7-8,11,14H,5-6,9-10H2,1H3. The van der Waals surface area contributed by atoms with Crippen LogP contribution in [0.5, 0.6) is 0 Å². The second-order valence-corrected chi connectivity index (χ2v) is 6.40. The number of aryl methyl sites for hydroxylation is 1. The Hall–Kier alpha value is -1.87. The molecule has 0 N–H and O–H groups in total. The number of rotatable bonds is 2. The maximum absolute atomic E-state index is 6.69. The average Bonchev–Trinajstić information content (AvgIpc) is 3.18. The minimum atomic E-state index is 0.536. The summed E-state index contributed by atoms with van der Waals surface area (Å²) in [4.78, 5) is 4.83. The van der Waals surface area contributed by atoms with Gasteiger partial charge in [-0.1, -0.05) is 54.8 Å². The first kappa shape index (κ1) is 13.8. The third kappa shape index (κ3) is 2.12. The van der Waals surface area contributed by atoms with Gasteiger partial charge in [0.15, 0.2) is 5.65 Å².